The molecule has 0 bridgehead atoms. The molecule has 1 heterocycles. The molecular weight excluding hydrogens is 244 g/mol. The Morgan fingerprint density at radius 3 is 2.79 bits per heavy atom. The van der Waals surface area contributed by atoms with Crippen molar-refractivity contribution in [3.63, 3.8) is 0 Å². The maximum absolute atomic E-state index is 10.6. The normalized spacial score (nSPS) is 11.8. The van der Waals surface area contributed by atoms with Gasteiger partial charge in [-0.2, -0.15) is 0 Å². The van der Waals surface area contributed by atoms with Crippen molar-refractivity contribution in [1.29, 1.82) is 0 Å². The smallest absolute Gasteiger partial charge is 0.271 e. The van der Waals surface area contributed by atoms with Crippen LogP contribution < -0.4 is 11.1 Å². The average Bonchev–Trinajstić information content (AvgIpc) is 2.41. The lowest BCUT2D eigenvalue weighted by Crippen LogP contribution is -2.08. The van der Waals surface area contributed by atoms with Crippen LogP contribution in [0.2, 0.25) is 0 Å². The van der Waals surface area contributed by atoms with E-state index in [9.17, 15) is 10.1 Å². The predicted octanol–water partition coefficient (Wildman–Crippen LogP) is 2.75. The lowest BCUT2D eigenvalue weighted by molar-refractivity contribution is -0.384. The maximum Gasteiger partial charge on any atom is 0.271 e. The summed E-state index contributed by atoms with van der Waals surface area (Å²) in [4.78, 5) is 14.2. The zero-order valence-electron chi connectivity index (χ0n) is 10.4. The lowest BCUT2D eigenvalue weighted by atomic mass is 10.1. The van der Waals surface area contributed by atoms with Gasteiger partial charge in [-0.1, -0.05) is 6.07 Å². The molecule has 0 aliphatic rings. The largest absolute Gasteiger partial charge is 0.397 e. The first-order valence-electron chi connectivity index (χ1n) is 5.78. The Kier molecular flexibility index (Phi) is 3.61. The van der Waals surface area contributed by atoms with E-state index < -0.39 is 4.92 Å². The fraction of sp³-hybridized carbons (Fsp3) is 0.154. The summed E-state index contributed by atoms with van der Waals surface area (Å²) in [6, 6.07) is 8.20. The molecular formula is C13H14N4O2. The van der Waals surface area contributed by atoms with Crippen LogP contribution >= 0.6 is 0 Å². The van der Waals surface area contributed by atoms with Gasteiger partial charge in [0.25, 0.3) is 5.69 Å². The minimum Gasteiger partial charge on any atom is -0.397 e. The Bertz CT molecular complexity index is 586. The highest BCUT2D eigenvalue weighted by Crippen LogP contribution is 2.27. The zero-order valence-corrected chi connectivity index (χ0v) is 10.4. The fourth-order valence-corrected chi connectivity index (χ4v) is 1.74. The summed E-state index contributed by atoms with van der Waals surface area (Å²) in [7, 11) is 0. The molecule has 0 saturated heterocycles. The Morgan fingerprint density at radius 1 is 1.42 bits per heavy atom. The highest BCUT2D eigenvalue weighted by atomic mass is 16.6. The molecule has 6 nitrogen and oxygen atoms in total. The molecule has 19 heavy (non-hydrogen) atoms. The van der Waals surface area contributed by atoms with E-state index in [1.165, 1.54) is 12.1 Å². The van der Waals surface area contributed by atoms with E-state index in [1.54, 1.807) is 18.5 Å². The van der Waals surface area contributed by atoms with Crippen LogP contribution in [0.25, 0.3) is 0 Å². The molecule has 0 spiro atoms. The number of nitro benzene ring substituents is 1. The molecule has 2 aromatic rings. The van der Waals surface area contributed by atoms with Crippen LogP contribution in [0.4, 0.5) is 17.1 Å². The molecule has 1 aromatic carbocycles. The zero-order chi connectivity index (χ0) is 13.8. The number of non-ortho nitro benzene ring substituents is 1. The van der Waals surface area contributed by atoms with E-state index in [0.717, 1.165) is 5.56 Å². The van der Waals surface area contributed by atoms with Gasteiger partial charge in [-0.25, -0.2) is 0 Å². The molecule has 98 valence electrons. The van der Waals surface area contributed by atoms with Crippen molar-refractivity contribution in [2.45, 2.75) is 13.0 Å². The number of nitrogens with zero attached hydrogens (tertiary/aromatic N) is 2. The van der Waals surface area contributed by atoms with Gasteiger partial charge in [0.15, 0.2) is 0 Å². The van der Waals surface area contributed by atoms with Gasteiger partial charge >= 0.3 is 0 Å². The number of pyridine rings is 1. The van der Waals surface area contributed by atoms with Crippen LogP contribution in [-0.2, 0) is 0 Å². The van der Waals surface area contributed by atoms with Crippen molar-refractivity contribution < 1.29 is 4.92 Å². The minimum atomic E-state index is -0.468. The second-order valence-corrected chi connectivity index (χ2v) is 4.18. The topological polar surface area (TPSA) is 94.1 Å². The molecule has 0 aliphatic heterocycles. The molecule has 0 aliphatic carbocycles. The SMILES string of the molecule is CC(Nc1ccc([N+](=O)[O-])cc1N)c1cccnc1. The molecule has 3 N–H and O–H groups in total. The Hall–Kier alpha value is -2.63. The van der Waals surface area contributed by atoms with Gasteiger partial charge in [0, 0.05) is 24.5 Å². The van der Waals surface area contributed by atoms with E-state index in [2.05, 4.69) is 10.3 Å². The molecule has 2 rings (SSSR count). The van der Waals surface area contributed by atoms with E-state index in [0.29, 0.717) is 11.4 Å². The first kappa shape index (κ1) is 12.8. The Morgan fingerprint density at radius 2 is 2.21 bits per heavy atom. The van der Waals surface area contributed by atoms with Crippen molar-refractivity contribution in [2.24, 2.45) is 0 Å². The van der Waals surface area contributed by atoms with Crippen LogP contribution in [0.3, 0.4) is 0 Å². The minimum absolute atomic E-state index is 0.0115. The quantitative estimate of drug-likeness (QED) is 0.499. The highest BCUT2D eigenvalue weighted by Gasteiger charge is 2.11. The van der Waals surface area contributed by atoms with E-state index in [4.69, 9.17) is 5.73 Å². The lowest BCUT2D eigenvalue weighted by Gasteiger charge is -2.16. The second kappa shape index (κ2) is 5.34. The van der Waals surface area contributed by atoms with Gasteiger partial charge in [0.2, 0.25) is 0 Å². The van der Waals surface area contributed by atoms with E-state index in [1.807, 2.05) is 19.1 Å². The van der Waals surface area contributed by atoms with Crippen LogP contribution in [0.15, 0.2) is 42.7 Å². The van der Waals surface area contributed by atoms with Gasteiger partial charge in [0.1, 0.15) is 0 Å². The fourth-order valence-electron chi connectivity index (χ4n) is 1.74. The Labute approximate surface area is 110 Å². The number of rotatable bonds is 4. The molecule has 0 fully saturated rings. The summed E-state index contributed by atoms with van der Waals surface area (Å²) in [5.74, 6) is 0. The van der Waals surface area contributed by atoms with E-state index >= 15 is 0 Å². The average molecular weight is 258 g/mol. The first-order valence-corrected chi connectivity index (χ1v) is 5.78. The number of anilines is 2. The van der Waals surface area contributed by atoms with Crippen molar-refractivity contribution >= 4 is 17.1 Å². The summed E-state index contributed by atoms with van der Waals surface area (Å²) < 4.78 is 0. The van der Waals surface area contributed by atoms with Crippen molar-refractivity contribution in [1.82, 2.24) is 4.98 Å². The van der Waals surface area contributed by atoms with Gasteiger partial charge in [-0.15, -0.1) is 0 Å². The summed E-state index contributed by atoms with van der Waals surface area (Å²) >= 11 is 0. The molecule has 1 unspecified atom stereocenters. The molecule has 0 radical (unpaired) electrons. The van der Waals surface area contributed by atoms with Gasteiger partial charge in [0.05, 0.1) is 22.3 Å². The number of nitrogen functional groups attached to an aromatic ring is 1. The summed E-state index contributed by atoms with van der Waals surface area (Å²) in [5.41, 5.74) is 7.82. The van der Waals surface area contributed by atoms with Crippen LogP contribution in [0, 0.1) is 10.1 Å². The predicted molar refractivity (Wildman–Crippen MR) is 73.8 cm³/mol. The molecule has 0 saturated carbocycles. The van der Waals surface area contributed by atoms with Gasteiger partial charge < -0.3 is 11.1 Å². The van der Waals surface area contributed by atoms with E-state index in [-0.39, 0.29) is 11.7 Å². The van der Waals surface area contributed by atoms with Gasteiger partial charge in [-0.05, 0) is 24.6 Å². The number of hydrogen-bond acceptors (Lipinski definition) is 5. The first-order chi connectivity index (χ1) is 9.08. The number of nitrogens with two attached hydrogens (primary N) is 1. The number of benzene rings is 1. The van der Waals surface area contributed by atoms with Crippen LogP contribution in [0.1, 0.15) is 18.5 Å². The highest BCUT2D eigenvalue weighted by molar-refractivity contribution is 5.69. The molecule has 1 atom stereocenters. The number of hydrogen-bond donors (Lipinski definition) is 2. The van der Waals surface area contributed by atoms with Gasteiger partial charge in [-0.3, -0.25) is 15.1 Å². The third kappa shape index (κ3) is 2.98. The number of nitrogens with one attached hydrogen (secondary N) is 1. The summed E-state index contributed by atoms with van der Waals surface area (Å²) in [6.45, 7) is 1.97. The van der Waals surface area contributed by atoms with Crippen LogP contribution in [-0.4, -0.2) is 9.91 Å². The third-order valence-corrected chi connectivity index (χ3v) is 2.80. The maximum atomic E-state index is 10.6. The van der Waals surface area contributed by atoms with Crippen molar-refractivity contribution in [3.05, 3.63) is 58.4 Å². The van der Waals surface area contributed by atoms with Crippen molar-refractivity contribution in [2.75, 3.05) is 11.1 Å². The monoisotopic (exact) mass is 258 g/mol. The Balaban J connectivity index is 2.18. The second-order valence-electron chi connectivity index (χ2n) is 4.18. The standard InChI is InChI=1S/C13H14N4O2/c1-9(10-3-2-6-15-8-10)16-13-5-4-11(17(18)19)7-12(13)14/h2-9,16H,14H2,1H3. The summed E-state index contributed by atoms with van der Waals surface area (Å²) in [6.07, 6.45) is 3.47. The van der Waals surface area contributed by atoms with Crippen molar-refractivity contribution in [3.8, 4) is 0 Å². The number of aromatic nitrogens is 1. The molecule has 6 heteroatoms. The number of nitro groups is 1. The summed E-state index contributed by atoms with van der Waals surface area (Å²) in [5, 5.41) is 13.8. The molecule has 1 aromatic heterocycles. The third-order valence-electron chi connectivity index (χ3n) is 2.80. The van der Waals surface area contributed by atoms with Crippen LogP contribution in [0.5, 0.6) is 0 Å². The molecule has 0 amide bonds.